The lowest BCUT2D eigenvalue weighted by molar-refractivity contribution is -0.138. The van der Waals surface area contributed by atoms with Gasteiger partial charge in [-0.05, 0) is 56.2 Å². The Kier molecular flexibility index (Phi) is 6.78. The van der Waals surface area contributed by atoms with Crippen molar-refractivity contribution < 1.29 is 14.7 Å². The van der Waals surface area contributed by atoms with E-state index in [9.17, 15) is 9.59 Å². The lowest BCUT2D eigenvalue weighted by Crippen LogP contribution is -2.41. The molecule has 2 aliphatic heterocycles. The Hall–Kier alpha value is -1.86. The highest BCUT2D eigenvalue weighted by Gasteiger charge is 2.37. The molecule has 0 atom stereocenters. The maximum atomic E-state index is 13.0. The summed E-state index contributed by atoms with van der Waals surface area (Å²) in [5.41, 5.74) is 2.39. The number of rotatable bonds is 4. The lowest BCUT2D eigenvalue weighted by Gasteiger charge is -2.34. The molecule has 0 spiro atoms. The molecule has 0 aromatic carbocycles. The monoisotopic (exact) mass is 408 g/mol. The van der Waals surface area contributed by atoms with Gasteiger partial charge in [0.25, 0.3) is 0 Å². The van der Waals surface area contributed by atoms with Crippen LogP contribution in [0.4, 0.5) is 10.6 Å². The normalized spacial score (nSPS) is 25.1. The van der Waals surface area contributed by atoms with Crippen LogP contribution in [0.2, 0.25) is 0 Å². The number of halogens is 1. The number of aliphatic carboxylic acids is 1. The molecule has 3 heterocycles. The quantitative estimate of drug-likeness (QED) is 0.799. The smallest absolute Gasteiger partial charge is 0.326 e. The van der Waals surface area contributed by atoms with Crippen LogP contribution < -0.4 is 10.2 Å². The molecule has 0 radical (unpaired) electrons. The zero-order valence-corrected chi connectivity index (χ0v) is 16.9. The van der Waals surface area contributed by atoms with Crippen LogP contribution >= 0.6 is 12.4 Å². The number of carbonyl (C=O) groups excluding carboxylic acids is 1. The fraction of sp³-hybridized carbons (Fsp3) is 0.650. The Morgan fingerprint density at radius 1 is 1.14 bits per heavy atom. The highest BCUT2D eigenvalue weighted by atomic mass is 35.5. The largest absolute Gasteiger partial charge is 0.481 e. The van der Waals surface area contributed by atoms with Gasteiger partial charge < -0.3 is 15.3 Å². The van der Waals surface area contributed by atoms with E-state index in [2.05, 4.69) is 11.4 Å². The summed E-state index contributed by atoms with van der Waals surface area (Å²) in [6, 6.07) is 4.39. The summed E-state index contributed by atoms with van der Waals surface area (Å²) < 4.78 is 0. The third-order valence-corrected chi connectivity index (χ3v) is 6.20. The molecule has 154 valence electrons. The van der Waals surface area contributed by atoms with Crippen LogP contribution in [-0.4, -0.2) is 59.2 Å². The predicted molar refractivity (Wildman–Crippen MR) is 109 cm³/mol. The van der Waals surface area contributed by atoms with Gasteiger partial charge in [-0.15, -0.1) is 12.4 Å². The zero-order chi connectivity index (χ0) is 18.8. The Labute approximate surface area is 171 Å². The van der Waals surface area contributed by atoms with Crippen LogP contribution in [-0.2, 0) is 17.6 Å². The summed E-state index contributed by atoms with van der Waals surface area (Å²) in [5.74, 6) is 0.307. The average molecular weight is 409 g/mol. The van der Waals surface area contributed by atoms with Crippen molar-refractivity contribution in [3.63, 3.8) is 0 Å². The highest BCUT2D eigenvalue weighted by molar-refractivity contribution is 5.93. The van der Waals surface area contributed by atoms with Gasteiger partial charge >= 0.3 is 12.0 Å². The first-order valence-electron chi connectivity index (χ1n) is 10.1. The lowest BCUT2D eigenvalue weighted by atomic mass is 9.83. The van der Waals surface area contributed by atoms with E-state index in [1.54, 1.807) is 0 Å². The van der Waals surface area contributed by atoms with Gasteiger partial charge in [0.2, 0.25) is 0 Å². The van der Waals surface area contributed by atoms with Crippen LogP contribution in [0, 0.1) is 5.92 Å². The minimum Gasteiger partial charge on any atom is -0.481 e. The molecule has 0 bridgehead atoms. The Balaban J connectivity index is 0.00000225. The Morgan fingerprint density at radius 2 is 1.89 bits per heavy atom. The molecule has 1 aliphatic carbocycles. The molecule has 4 rings (SSSR count). The molecule has 2 amide bonds. The summed E-state index contributed by atoms with van der Waals surface area (Å²) in [5, 5.41) is 12.4. The first-order valence-corrected chi connectivity index (χ1v) is 10.1. The number of anilines is 1. The molecule has 7 nitrogen and oxygen atoms in total. The van der Waals surface area contributed by atoms with E-state index >= 15 is 0 Å². The van der Waals surface area contributed by atoms with E-state index in [4.69, 9.17) is 10.1 Å². The van der Waals surface area contributed by atoms with Crippen molar-refractivity contribution in [3.05, 3.63) is 23.4 Å². The molecule has 3 aliphatic rings. The molecule has 0 unspecified atom stereocenters. The second kappa shape index (κ2) is 9.09. The van der Waals surface area contributed by atoms with Crippen LogP contribution in [0.3, 0.4) is 0 Å². The molecular formula is C20H29ClN4O3. The first-order chi connectivity index (χ1) is 13.1. The summed E-state index contributed by atoms with van der Waals surface area (Å²) in [6.07, 6.45) is 5.74. The number of pyridine rings is 1. The fourth-order valence-electron chi connectivity index (χ4n) is 4.68. The number of carboxylic acid groups (broad SMARTS) is 1. The van der Waals surface area contributed by atoms with E-state index < -0.39 is 5.97 Å². The second-order valence-corrected chi connectivity index (χ2v) is 7.93. The maximum absolute atomic E-state index is 13.0. The van der Waals surface area contributed by atoms with Gasteiger partial charge in [0, 0.05) is 44.2 Å². The molecule has 1 aromatic heterocycles. The SMILES string of the molecule is Cl.O=C(O)CC1CCC(N2CCN(c3ccc4c(n3)CCNCC4)C2=O)CC1. The maximum Gasteiger partial charge on any atom is 0.326 e. The standard InChI is InChI=1S/C20H28N4O3.ClH/c25-19(26)13-14-1-4-16(5-2-14)23-11-12-24(20(23)27)18-6-3-15-7-9-21-10-8-17(15)22-18;/h3,6,14,16,21H,1-2,4-5,7-13H2,(H,25,26);1H. The number of nitrogens with one attached hydrogen (secondary N) is 1. The van der Waals surface area contributed by atoms with Crippen molar-refractivity contribution in [1.82, 2.24) is 15.2 Å². The molecular weight excluding hydrogens is 380 g/mol. The van der Waals surface area contributed by atoms with Crippen molar-refractivity contribution in [1.29, 1.82) is 0 Å². The van der Waals surface area contributed by atoms with Gasteiger partial charge in [0.15, 0.2) is 0 Å². The fourth-order valence-corrected chi connectivity index (χ4v) is 4.68. The number of amides is 2. The van der Waals surface area contributed by atoms with Gasteiger partial charge in [-0.3, -0.25) is 9.69 Å². The van der Waals surface area contributed by atoms with Crippen molar-refractivity contribution in [3.8, 4) is 0 Å². The molecule has 2 fully saturated rings. The number of hydrogen-bond acceptors (Lipinski definition) is 4. The summed E-state index contributed by atoms with van der Waals surface area (Å²) in [7, 11) is 0. The zero-order valence-electron chi connectivity index (χ0n) is 16.1. The van der Waals surface area contributed by atoms with Crippen molar-refractivity contribution in [2.75, 3.05) is 31.1 Å². The minimum atomic E-state index is -0.716. The number of hydrogen-bond donors (Lipinski definition) is 2. The topological polar surface area (TPSA) is 85.8 Å². The molecule has 8 heteroatoms. The average Bonchev–Trinajstić information content (AvgIpc) is 2.88. The van der Waals surface area contributed by atoms with E-state index in [0.717, 1.165) is 69.7 Å². The van der Waals surface area contributed by atoms with Gasteiger partial charge in [0.1, 0.15) is 5.82 Å². The number of nitrogens with zero attached hydrogens (tertiary/aromatic N) is 3. The van der Waals surface area contributed by atoms with E-state index in [1.165, 1.54) is 5.56 Å². The van der Waals surface area contributed by atoms with Crippen molar-refractivity contribution in [2.24, 2.45) is 5.92 Å². The van der Waals surface area contributed by atoms with Crippen LogP contribution in [0.5, 0.6) is 0 Å². The van der Waals surface area contributed by atoms with Crippen LogP contribution in [0.1, 0.15) is 43.4 Å². The van der Waals surface area contributed by atoms with Crippen LogP contribution in [0.25, 0.3) is 0 Å². The summed E-state index contributed by atoms with van der Waals surface area (Å²) >= 11 is 0. The van der Waals surface area contributed by atoms with E-state index in [0.29, 0.717) is 6.54 Å². The Bertz CT molecular complexity index is 721. The number of aromatic nitrogens is 1. The third-order valence-electron chi connectivity index (χ3n) is 6.20. The third kappa shape index (κ3) is 4.41. The van der Waals surface area contributed by atoms with Gasteiger partial charge in [-0.2, -0.15) is 0 Å². The molecule has 1 saturated carbocycles. The molecule has 1 saturated heterocycles. The number of carboxylic acids is 1. The molecule has 2 N–H and O–H groups in total. The molecule has 1 aromatic rings. The molecule has 28 heavy (non-hydrogen) atoms. The van der Waals surface area contributed by atoms with Gasteiger partial charge in [0.05, 0.1) is 0 Å². The minimum absolute atomic E-state index is 0. The van der Waals surface area contributed by atoms with Crippen LogP contribution in [0.15, 0.2) is 12.1 Å². The van der Waals surface area contributed by atoms with Gasteiger partial charge in [-0.1, -0.05) is 6.07 Å². The number of urea groups is 1. The summed E-state index contributed by atoms with van der Waals surface area (Å²) in [4.78, 5) is 32.5. The Morgan fingerprint density at radius 3 is 2.64 bits per heavy atom. The predicted octanol–water partition coefficient (Wildman–Crippen LogP) is 2.47. The summed E-state index contributed by atoms with van der Waals surface area (Å²) in [6.45, 7) is 3.32. The second-order valence-electron chi connectivity index (χ2n) is 7.93. The number of carbonyl (C=O) groups is 2. The highest BCUT2D eigenvalue weighted by Crippen LogP contribution is 2.32. The van der Waals surface area contributed by atoms with Crippen molar-refractivity contribution >= 4 is 30.2 Å². The van der Waals surface area contributed by atoms with Gasteiger partial charge in [-0.25, -0.2) is 9.78 Å². The van der Waals surface area contributed by atoms with E-state index in [-0.39, 0.29) is 36.8 Å². The first kappa shape index (κ1) is 20.9. The number of fused-ring (bicyclic) bond motifs is 1. The van der Waals surface area contributed by atoms with E-state index in [1.807, 2.05) is 15.9 Å². The van der Waals surface area contributed by atoms with Crippen molar-refractivity contribution in [2.45, 2.75) is 51.0 Å².